The predicted octanol–water partition coefficient (Wildman–Crippen LogP) is 4.18. The molecule has 0 radical (unpaired) electrons. The second-order valence-corrected chi connectivity index (χ2v) is 12.1. The highest BCUT2D eigenvalue weighted by Crippen LogP contribution is 2.36. The number of fused-ring (bicyclic) bond motifs is 1. The highest BCUT2D eigenvalue weighted by Gasteiger charge is 2.32. The average Bonchev–Trinajstić information content (AvgIpc) is 3.71. The van der Waals surface area contributed by atoms with Crippen LogP contribution in [0.3, 0.4) is 0 Å². The first-order chi connectivity index (χ1) is 20.0. The third-order valence-corrected chi connectivity index (χ3v) is 9.35. The molecule has 1 aromatic carbocycles. The molecule has 0 spiro atoms. The molecule has 3 fully saturated rings. The van der Waals surface area contributed by atoms with E-state index in [0.29, 0.717) is 43.3 Å². The number of methoxy groups -OCH3 is 1. The summed E-state index contributed by atoms with van der Waals surface area (Å²) >= 11 is 0. The molecule has 4 aliphatic rings. The SMILES string of the molecule is COc1cc(N2CCC(CC(=O)N3CCCC3)CC2)ccc1Nc1ncc2c(n1)N(C1CCCC1)CC(=O)N(C)C2. The van der Waals surface area contributed by atoms with Crippen molar-refractivity contribution in [1.82, 2.24) is 19.8 Å². The summed E-state index contributed by atoms with van der Waals surface area (Å²) < 4.78 is 5.79. The van der Waals surface area contributed by atoms with E-state index in [1.165, 1.54) is 12.8 Å². The van der Waals surface area contributed by atoms with Gasteiger partial charge in [-0.25, -0.2) is 4.98 Å². The van der Waals surface area contributed by atoms with E-state index in [-0.39, 0.29) is 5.91 Å². The second-order valence-electron chi connectivity index (χ2n) is 12.1. The van der Waals surface area contributed by atoms with Gasteiger partial charge in [0, 0.05) is 69.2 Å². The Bertz CT molecular complexity index is 1250. The Kier molecular flexibility index (Phi) is 8.16. The van der Waals surface area contributed by atoms with Crippen molar-refractivity contribution in [3.05, 3.63) is 30.0 Å². The van der Waals surface area contributed by atoms with Gasteiger partial charge in [0.15, 0.2) is 0 Å². The number of carbonyl (C=O) groups excluding carboxylic acids is 2. The van der Waals surface area contributed by atoms with Gasteiger partial charge in [0.1, 0.15) is 11.6 Å². The van der Waals surface area contributed by atoms with Crippen LogP contribution in [-0.4, -0.2) is 84.5 Å². The topological polar surface area (TPSA) is 94.1 Å². The second kappa shape index (κ2) is 12.1. The van der Waals surface area contributed by atoms with Gasteiger partial charge in [-0.05, 0) is 56.6 Å². The monoisotopic (exact) mass is 561 g/mol. The highest BCUT2D eigenvalue weighted by atomic mass is 16.5. The fraction of sp³-hybridized carbons (Fsp3) is 0.613. The van der Waals surface area contributed by atoms with E-state index in [1.54, 1.807) is 12.0 Å². The van der Waals surface area contributed by atoms with Crippen LogP contribution in [0.1, 0.15) is 63.4 Å². The largest absolute Gasteiger partial charge is 0.494 e. The van der Waals surface area contributed by atoms with Crippen LogP contribution in [-0.2, 0) is 16.1 Å². The number of benzene rings is 1. The summed E-state index contributed by atoms with van der Waals surface area (Å²) in [5, 5.41) is 3.38. The fourth-order valence-electron chi connectivity index (χ4n) is 6.86. The van der Waals surface area contributed by atoms with Crippen molar-refractivity contribution in [2.75, 3.05) is 62.0 Å². The van der Waals surface area contributed by atoms with Crippen LogP contribution >= 0.6 is 0 Å². The maximum Gasteiger partial charge on any atom is 0.242 e. The molecular formula is C31H43N7O3. The molecule has 220 valence electrons. The summed E-state index contributed by atoms with van der Waals surface area (Å²) in [5.41, 5.74) is 2.90. The van der Waals surface area contributed by atoms with Gasteiger partial charge in [-0.1, -0.05) is 12.8 Å². The number of anilines is 4. The van der Waals surface area contributed by atoms with Crippen molar-refractivity contribution in [3.8, 4) is 5.75 Å². The lowest BCUT2D eigenvalue weighted by molar-refractivity contribution is -0.131. The molecule has 0 atom stereocenters. The number of likely N-dealkylation sites (tertiary alicyclic amines) is 1. The Morgan fingerprint density at radius 1 is 1.02 bits per heavy atom. The lowest BCUT2D eigenvalue weighted by Gasteiger charge is -2.34. The molecule has 4 heterocycles. The van der Waals surface area contributed by atoms with Crippen molar-refractivity contribution < 1.29 is 14.3 Å². The van der Waals surface area contributed by atoms with Crippen LogP contribution in [0.5, 0.6) is 5.75 Å². The normalized spacial score (nSPS) is 20.4. The van der Waals surface area contributed by atoms with E-state index in [4.69, 9.17) is 9.72 Å². The number of carbonyl (C=O) groups is 2. The fourth-order valence-corrected chi connectivity index (χ4v) is 6.86. The van der Waals surface area contributed by atoms with Gasteiger partial charge in [-0.15, -0.1) is 0 Å². The maximum absolute atomic E-state index is 12.8. The van der Waals surface area contributed by atoms with Crippen LogP contribution in [0.2, 0.25) is 0 Å². The van der Waals surface area contributed by atoms with E-state index in [0.717, 1.165) is 93.2 Å². The maximum atomic E-state index is 12.8. The molecule has 1 aromatic heterocycles. The van der Waals surface area contributed by atoms with Gasteiger partial charge in [0.05, 0.1) is 25.9 Å². The van der Waals surface area contributed by atoms with Crippen molar-refractivity contribution in [3.63, 3.8) is 0 Å². The highest BCUT2D eigenvalue weighted by molar-refractivity contribution is 5.83. The van der Waals surface area contributed by atoms with E-state index in [2.05, 4.69) is 32.2 Å². The van der Waals surface area contributed by atoms with Crippen molar-refractivity contribution in [2.45, 2.75) is 70.4 Å². The van der Waals surface area contributed by atoms with Gasteiger partial charge in [-0.3, -0.25) is 9.59 Å². The molecule has 1 N–H and O–H groups in total. The number of hydrogen-bond donors (Lipinski definition) is 1. The Hall–Kier alpha value is -3.56. The molecule has 10 nitrogen and oxygen atoms in total. The zero-order valence-corrected chi connectivity index (χ0v) is 24.5. The van der Waals surface area contributed by atoms with Gasteiger partial charge in [-0.2, -0.15) is 4.98 Å². The molecule has 2 aromatic rings. The van der Waals surface area contributed by atoms with Gasteiger partial charge < -0.3 is 29.7 Å². The Balaban J connectivity index is 1.13. The summed E-state index contributed by atoms with van der Waals surface area (Å²) in [6, 6.07) is 6.55. The smallest absolute Gasteiger partial charge is 0.242 e. The summed E-state index contributed by atoms with van der Waals surface area (Å²) in [7, 11) is 3.53. The number of piperidine rings is 1. The summed E-state index contributed by atoms with van der Waals surface area (Å²) in [5.74, 6) is 3.00. The number of hydrogen-bond acceptors (Lipinski definition) is 8. The van der Waals surface area contributed by atoms with Crippen LogP contribution in [0.4, 0.5) is 23.1 Å². The number of nitrogens with one attached hydrogen (secondary N) is 1. The minimum Gasteiger partial charge on any atom is -0.494 e. The molecule has 0 unspecified atom stereocenters. The molecule has 10 heteroatoms. The molecule has 1 saturated carbocycles. The lowest BCUT2D eigenvalue weighted by atomic mass is 9.92. The number of aromatic nitrogens is 2. The Labute approximate surface area is 243 Å². The Morgan fingerprint density at radius 3 is 2.51 bits per heavy atom. The number of nitrogens with zero attached hydrogens (tertiary/aromatic N) is 6. The number of rotatable bonds is 7. The summed E-state index contributed by atoms with van der Waals surface area (Å²) in [4.78, 5) is 43.3. The zero-order valence-electron chi connectivity index (χ0n) is 24.5. The lowest BCUT2D eigenvalue weighted by Crippen LogP contribution is -2.40. The number of likely N-dealkylation sites (N-methyl/N-ethyl adjacent to an activating group) is 1. The minimum absolute atomic E-state index is 0.115. The van der Waals surface area contributed by atoms with Crippen molar-refractivity contribution in [1.29, 1.82) is 0 Å². The minimum atomic E-state index is 0.115. The Morgan fingerprint density at radius 2 is 1.78 bits per heavy atom. The van der Waals surface area contributed by atoms with Crippen molar-refractivity contribution >= 4 is 35.0 Å². The van der Waals surface area contributed by atoms with E-state index in [1.807, 2.05) is 24.2 Å². The van der Waals surface area contributed by atoms with Crippen LogP contribution in [0.25, 0.3) is 0 Å². The molecule has 0 bridgehead atoms. The summed E-state index contributed by atoms with van der Waals surface area (Å²) in [6.45, 7) is 4.61. The number of ether oxygens (including phenoxy) is 1. The van der Waals surface area contributed by atoms with Gasteiger partial charge in [0.2, 0.25) is 17.8 Å². The standard InChI is InChI=1S/C31H43N7O3/c1-35-20-23-19-32-31(34-30(23)38(21-29(35)40)24-7-3-4-8-24)33-26-10-9-25(18-27(26)41-2)36-15-11-22(12-16-36)17-28(39)37-13-5-6-14-37/h9-10,18-19,22,24H,3-8,11-17,20-21H2,1-2H3,(H,32,33,34). The predicted molar refractivity (Wildman–Crippen MR) is 160 cm³/mol. The number of amides is 2. The molecule has 6 rings (SSSR count). The quantitative estimate of drug-likeness (QED) is 0.538. The first-order valence-corrected chi connectivity index (χ1v) is 15.3. The first kappa shape index (κ1) is 27.6. The van der Waals surface area contributed by atoms with E-state index >= 15 is 0 Å². The van der Waals surface area contributed by atoms with Crippen LogP contribution in [0, 0.1) is 5.92 Å². The molecule has 2 saturated heterocycles. The summed E-state index contributed by atoms with van der Waals surface area (Å²) in [6.07, 6.45) is 11.4. The zero-order chi connectivity index (χ0) is 28.3. The van der Waals surface area contributed by atoms with Crippen LogP contribution in [0.15, 0.2) is 24.4 Å². The third-order valence-electron chi connectivity index (χ3n) is 9.35. The van der Waals surface area contributed by atoms with E-state index in [9.17, 15) is 9.59 Å². The first-order valence-electron chi connectivity index (χ1n) is 15.3. The van der Waals surface area contributed by atoms with Crippen LogP contribution < -0.4 is 19.9 Å². The molecule has 3 aliphatic heterocycles. The third kappa shape index (κ3) is 6.06. The van der Waals surface area contributed by atoms with Gasteiger partial charge >= 0.3 is 0 Å². The molecule has 2 amide bonds. The average molecular weight is 562 g/mol. The van der Waals surface area contributed by atoms with Gasteiger partial charge in [0.25, 0.3) is 0 Å². The molecule has 41 heavy (non-hydrogen) atoms. The van der Waals surface area contributed by atoms with Crippen molar-refractivity contribution in [2.24, 2.45) is 5.92 Å². The molecule has 1 aliphatic carbocycles. The van der Waals surface area contributed by atoms with E-state index < -0.39 is 0 Å². The molecular weight excluding hydrogens is 518 g/mol.